The zero-order chi connectivity index (χ0) is 12.6. The third-order valence-corrected chi connectivity index (χ3v) is 2.17. The Morgan fingerprint density at radius 3 is 2.71 bits per heavy atom. The Kier molecular flexibility index (Phi) is 2.49. The van der Waals surface area contributed by atoms with E-state index in [1.165, 1.54) is 0 Å². The molecule has 0 radical (unpaired) electrons. The molecular weight excluding hydrogens is 239 g/mol. The molecule has 0 atom stereocenters. The van der Waals surface area contributed by atoms with Crippen molar-refractivity contribution in [2.75, 3.05) is 7.11 Å². The Hall–Kier alpha value is -2.12. The highest BCUT2D eigenvalue weighted by molar-refractivity contribution is 5.95. The first-order valence-electron chi connectivity index (χ1n) is 4.44. The van der Waals surface area contributed by atoms with Crippen molar-refractivity contribution in [3.63, 3.8) is 0 Å². The summed E-state index contributed by atoms with van der Waals surface area (Å²) in [6, 6.07) is 1.77. The first-order chi connectivity index (χ1) is 7.93. The second kappa shape index (κ2) is 3.72. The maximum atomic E-state index is 12.7. The molecule has 0 spiro atoms. The molecule has 5 nitrogen and oxygen atoms in total. The van der Waals surface area contributed by atoms with Crippen LogP contribution in [-0.4, -0.2) is 28.5 Å². The van der Waals surface area contributed by atoms with Crippen molar-refractivity contribution in [2.45, 2.75) is 6.18 Å². The van der Waals surface area contributed by atoms with Gasteiger partial charge in [-0.3, -0.25) is 5.10 Å². The fourth-order valence-electron chi connectivity index (χ4n) is 1.41. The van der Waals surface area contributed by atoms with E-state index in [0.717, 1.165) is 19.2 Å². The van der Waals surface area contributed by atoms with Gasteiger partial charge >= 0.3 is 12.1 Å². The van der Waals surface area contributed by atoms with E-state index in [2.05, 4.69) is 20.1 Å². The van der Waals surface area contributed by atoms with Gasteiger partial charge in [0, 0.05) is 0 Å². The number of H-pyrrole nitrogens is 1. The number of alkyl halides is 3. The number of hydrogen-bond acceptors (Lipinski definition) is 4. The highest BCUT2D eigenvalue weighted by Gasteiger charge is 2.36. The van der Waals surface area contributed by atoms with Gasteiger partial charge in [0.2, 0.25) is 0 Å². The number of ether oxygens (including phenoxy) is 1. The fraction of sp³-hybridized carbons (Fsp3) is 0.222. The van der Waals surface area contributed by atoms with Gasteiger partial charge in [0.05, 0.1) is 23.8 Å². The summed E-state index contributed by atoms with van der Waals surface area (Å²) in [5.41, 5.74) is -1.40. The zero-order valence-corrected chi connectivity index (χ0v) is 8.50. The van der Waals surface area contributed by atoms with Crippen LogP contribution in [0.3, 0.4) is 0 Å². The van der Waals surface area contributed by atoms with Gasteiger partial charge < -0.3 is 4.74 Å². The molecular formula is C9H6F3N3O2. The standard InChI is InChI=1S/C9H6F3N3O2/c1-17-8(16)4-2-6-7(14-15-13-6)3-5(4)9(10,11)12/h2-3H,1H3,(H,13,14,15). The topological polar surface area (TPSA) is 67.9 Å². The molecule has 0 aliphatic carbocycles. The van der Waals surface area contributed by atoms with Crippen LogP contribution in [0.5, 0.6) is 0 Å². The third-order valence-electron chi connectivity index (χ3n) is 2.17. The first-order valence-corrected chi connectivity index (χ1v) is 4.44. The van der Waals surface area contributed by atoms with Crippen molar-refractivity contribution >= 4 is 17.0 Å². The van der Waals surface area contributed by atoms with E-state index >= 15 is 0 Å². The van der Waals surface area contributed by atoms with Gasteiger partial charge in [-0.15, -0.1) is 5.10 Å². The number of rotatable bonds is 1. The Labute approximate surface area is 92.6 Å². The van der Waals surface area contributed by atoms with Crippen molar-refractivity contribution in [2.24, 2.45) is 0 Å². The molecule has 0 aliphatic rings. The second-order valence-corrected chi connectivity index (χ2v) is 3.22. The molecule has 0 saturated carbocycles. The lowest BCUT2D eigenvalue weighted by molar-refractivity contribution is -0.138. The SMILES string of the molecule is COC(=O)c1cc2nn[nH]c2cc1C(F)(F)F. The smallest absolute Gasteiger partial charge is 0.417 e. The predicted molar refractivity (Wildman–Crippen MR) is 50.2 cm³/mol. The van der Waals surface area contributed by atoms with Gasteiger partial charge in [0.15, 0.2) is 0 Å². The number of hydrogen-bond donors (Lipinski definition) is 1. The molecule has 0 unspecified atom stereocenters. The lowest BCUT2D eigenvalue weighted by Gasteiger charge is -2.10. The van der Waals surface area contributed by atoms with Crippen molar-refractivity contribution in [1.82, 2.24) is 15.4 Å². The predicted octanol–water partition coefficient (Wildman–Crippen LogP) is 1.76. The van der Waals surface area contributed by atoms with Crippen LogP contribution < -0.4 is 0 Å². The molecule has 0 amide bonds. The number of carbonyl (C=O) groups excluding carboxylic acids is 1. The van der Waals surface area contributed by atoms with E-state index < -0.39 is 23.3 Å². The number of nitrogens with one attached hydrogen (secondary N) is 1. The quantitative estimate of drug-likeness (QED) is 0.777. The highest BCUT2D eigenvalue weighted by atomic mass is 19.4. The molecule has 8 heteroatoms. The number of nitrogens with zero attached hydrogens (tertiary/aromatic N) is 2. The van der Waals surface area contributed by atoms with E-state index in [0.29, 0.717) is 0 Å². The van der Waals surface area contributed by atoms with Gasteiger partial charge in [-0.05, 0) is 12.1 Å². The molecule has 1 aromatic heterocycles. The summed E-state index contributed by atoms with van der Waals surface area (Å²) < 4.78 is 42.5. The number of fused-ring (bicyclic) bond motifs is 1. The molecule has 90 valence electrons. The van der Waals surface area contributed by atoms with Crippen LogP contribution in [0.4, 0.5) is 13.2 Å². The summed E-state index contributed by atoms with van der Waals surface area (Å²) in [6.45, 7) is 0. The third kappa shape index (κ3) is 1.93. The summed E-state index contributed by atoms with van der Waals surface area (Å²) in [5.74, 6) is -1.07. The number of benzene rings is 1. The Morgan fingerprint density at radius 2 is 2.12 bits per heavy atom. The minimum absolute atomic E-state index is 0.102. The molecule has 2 aromatic rings. The summed E-state index contributed by atoms with van der Waals surface area (Å²) in [5, 5.41) is 9.20. The van der Waals surface area contributed by atoms with Gasteiger partial charge in [0.25, 0.3) is 0 Å². The van der Waals surface area contributed by atoms with E-state index in [1.807, 2.05) is 0 Å². The summed E-state index contributed by atoms with van der Waals surface area (Å²) >= 11 is 0. The Bertz CT molecular complexity index is 576. The Balaban J connectivity index is 2.72. The summed E-state index contributed by atoms with van der Waals surface area (Å²) in [4.78, 5) is 11.3. The number of esters is 1. The molecule has 1 heterocycles. The molecule has 0 saturated heterocycles. The van der Waals surface area contributed by atoms with Crippen LogP contribution in [0.15, 0.2) is 12.1 Å². The molecule has 0 fully saturated rings. The number of aromatic nitrogens is 3. The number of halogens is 3. The van der Waals surface area contributed by atoms with E-state index in [9.17, 15) is 18.0 Å². The largest absolute Gasteiger partial charge is 0.465 e. The normalized spacial score (nSPS) is 11.8. The minimum Gasteiger partial charge on any atom is -0.465 e. The molecule has 1 aromatic carbocycles. The van der Waals surface area contributed by atoms with Crippen molar-refractivity contribution in [1.29, 1.82) is 0 Å². The number of aromatic amines is 1. The van der Waals surface area contributed by atoms with Crippen LogP contribution in [-0.2, 0) is 10.9 Å². The Morgan fingerprint density at radius 1 is 1.41 bits per heavy atom. The zero-order valence-electron chi connectivity index (χ0n) is 8.50. The van der Waals surface area contributed by atoms with Crippen molar-refractivity contribution in [3.05, 3.63) is 23.3 Å². The van der Waals surface area contributed by atoms with Crippen molar-refractivity contribution < 1.29 is 22.7 Å². The molecule has 0 bridgehead atoms. The lowest BCUT2D eigenvalue weighted by atomic mass is 10.1. The average Bonchev–Trinajstić information content (AvgIpc) is 2.72. The summed E-state index contributed by atoms with van der Waals surface area (Å²) in [6.07, 6.45) is -4.65. The molecule has 17 heavy (non-hydrogen) atoms. The van der Waals surface area contributed by atoms with Gasteiger partial charge in [-0.2, -0.15) is 13.2 Å². The molecule has 2 rings (SSSR count). The average molecular weight is 245 g/mol. The van der Waals surface area contributed by atoms with Gasteiger partial charge in [-0.1, -0.05) is 5.21 Å². The van der Waals surface area contributed by atoms with Crippen LogP contribution in [0.1, 0.15) is 15.9 Å². The maximum absolute atomic E-state index is 12.7. The second-order valence-electron chi connectivity index (χ2n) is 3.22. The van der Waals surface area contributed by atoms with E-state index in [4.69, 9.17) is 0 Å². The van der Waals surface area contributed by atoms with Gasteiger partial charge in [0.1, 0.15) is 5.52 Å². The maximum Gasteiger partial charge on any atom is 0.417 e. The lowest BCUT2D eigenvalue weighted by Crippen LogP contribution is -2.14. The fourth-order valence-corrected chi connectivity index (χ4v) is 1.41. The molecule has 1 N–H and O–H groups in total. The first kappa shape index (κ1) is 11.4. The van der Waals surface area contributed by atoms with Crippen LogP contribution in [0.25, 0.3) is 11.0 Å². The van der Waals surface area contributed by atoms with Crippen LogP contribution in [0.2, 0.25) is 0 Å². The monoisotopic (exact) mass is 245 g/mol. The van der Waals surface area contributed by atoms with Crippen LogP contribution in [0, 0.1) is 0 Å². The highest BCUT2D eigenvalue weighted by Crippen LogP contribution is 2.34. The number of carbonyl (C=O) groups is 1. The van der Waals surface area contributed by atoms with E-state index in [-0.39, 0.29) is 11.0 Å². The van der Waals surface area contributed by atoms with Gasteiger partial charge in [-0.25, -0.2) is 4.79 Å². The van der Waals surface area contributed by atoms with E-state index in [1.54, 1.807) is 0 Å². The minimum atomic E-state index is -4.65. The molecule has 0 aliphatic heterocycles. The van der Waals surface area contributed by atoms with Crippen LogP contribution >= 0.6 is 0 Å². The number of methoxy groups -OCH3 is 1. The van der Waals surface area contributed by atoms with Crippen molar-refractivity contribution in [3.8, 4) is 0 Å². The summed E-state index contributed by atoms with van der Waals surface area (Å²) in [7, 11) is 1.01.